The zero-order chi connectivity index (χ0) is 14.4. The van der Waals surface area contributed by atoms with Gasteiger partial charge in [-0.3, -0.25) is 0 Å². The van der Waals surface area contributed by atoms with Crippen LogP contribution in [0.5, 0.6) is 0 Å². The summed E-state index contributed by atoms with van der Waals surface area (Å²) in [4.78, 5) is 0. The minimum absolute atomic E-state index is 0.119. The second-order valence-electron chi connectivity index (χ2n) is 5.87. The first-order chi connectivity index (χ1) is 8.97. The molecule has 0 amide bonds. The fraction of sp³-hybridized carbons (Fsp3) is 0.647. The number of aliphatic hydroxyl groups is 1. The van der Waals surface area contributed by atoms with Crippen molar-refractivity contribution in [3.63, 3.8) is 0 Å². The van der Waals surface area contributed by atoms with E-state index in [-0.39, 0.29) is 6.04 Å². The highest BCUT2D eigenvalue weighted by Crippen LogP contribution is 2.24. The molecule has 2 heteroatoms. The molecule has 0 aliphatic carbocycles. The molecule has 0 bridgehead atoms. The fourth-order valence-electron chi connectivity index (χ4n) is 2.31. The first-order valence-electron chi connectivity index (χ1n) is 7.46. The van der Waals surface area contributed by atoms with Crippen LogP contribution in [0.3, 0.4) is 0 Å². The minimum Gasteiger partial charge on any atom is -0.387 e. The van der Waals surface area contributed by atoms with Crippen molar-refractivity contribution in [1.29, 1.82) is 0 Å². The minimum atomic E-state index is -0.434. The summed E-state index contributed by atoms with van der Waals surface area (Å²) in [5, 5.41) is 14.1. The highest BCUT2D eigenvalue weighted by molar-refractivity contribution is 5.31. The van der Waals surface area contributed by atoms with Crippen LogP contribution >= 0.6 is 0 Å². The van der Waals surface area contributed by atoms with E-state index in [0.29, 0.717) is 5.92 Å². The standard InChI is InChI=1S/C17H29NO/c1-6-7-10-18-16(12(2)3)17(19)15-9-8-13(4)14(5)11-15/h8-9,11-12,16-19H,6-7,10H2,1-5H3. The summed E-state index contributed by atoms with van der Waals surface area (Å²) in [7, 11) is 0. The molecule has 2 atom stereocenters. The van der Waals surface area contributed by atoms with Crippen LogP contribution in [0.25, 0.3) is 0 Å². The first-order valence-corrected chi connectivity index (χ1v) is 7.46. The van der Waals surface area contributed by atoms with Crippen LogP contribution in [0, 0.1) is 19.8 Å². The first kappa shape index (κ1) is 16.2. The van der Waals surface area contributed by atoms with Crippen LogP contribution in [-0.4, -0.2) is 17.7 Å². The van der Waals surface area contributed by atoms with E-state index < -0.39 is 6.10 Å². The van der Waals surface area contributed by atoms with Crippen molar-refractivity contribution in [2.75, 3.05) is 6.54 Å². The molecule has 0 aromatic heterocycles. The lowest BCUT2D eigenvalue weighted by Crippen LogP contribution is -2.39. The van der Waals surface area contributed by atoms with E-state index in [1.54, 1.807) is 0 Å². The number of aryl methyl sites for hydroxylation is 2. The molecule has 2 unspecified atom stereocenters. The predicted octanol–water partition coefficient (Wildman–Crippen LogP) is 3.75. The summed E-state index contributed by atoms with van der Waals surface area (Å²) >= 11 is 0. The molecule has 0 radical (unpaired) electrons. The smallest absolute Gasteiger partial charge is 0.0945 e. The normalized spacial score (nSPS) is 14.7. The molecule has 0 aliphatic heterocycles. The molecule has 19 heavy (non-hydrogen) atoms. The Balaban J connectivity index is 2.80. The number of rotatable bonds is 7. The molecular weight excluding hydrogens is 234 g/mol. The lowest BCUT2D eigenvalue weighted by molar-refractivity contribution is 0.105. The van der Waals surface area contributed by atoms with E-state index in [9.17, 15) is 5.11 Å². The maximum atomic E-state index is 10.6. The topological polar surface area (TPSA) is 32.3 Å². The van der Waals surface area contributed by atoms with Gasteiger partial charge in [-0.2, -0.15) is 0 Å². The molecule has 0 fully saturated rings. The molecule has 108 valence electrons. The molecule has 0 saturated heterocycles. The predicted molar refractivity (Wildman–Crippen MR) is 82.4 cm³/mol. The van der Waals surface area contributed by atoms with Crippen molar-refractivity contribution in [1.82, 2.24) is 5.32 Å². The van der Waals surface area contributed by atoms with E-state index >= 15 is 0 Å². The van der Waals surface area contributed by atoms with Gasteiger partial charge in [0, 0.05) is 6.04 Å². The Kier molecular flexibility index (Phi) is 6.53. The summed E-state index contributed by atoms with van der Waals surface area (Å²) < 4.78 is 0. The number of aliphatic hydroxyl groups excluding tert-OH is 1. The molecule has 2 N–H and O–H groups in total. The maximum absolute atomic E-state index is 10.6. The Hall–Kier alpha value is -0.860. The molecule has 0 saturated carbocycles. The molecule has 0 spiro atoms. The number of nitrogens with one attached hydrogen (secondary N) is 1. The largest absolute Gasteiger partial charge is 0.387 e. The van der Waals surface area contributed by atoms with Gasteiger partial charge in [0.05, 0.1) is 6.10 Å². The highest BCUT2D eigenvalue weighted by Gasteiger charge is 2.23. The SMILES string of the molecule is CCCCNC(C(C)C)C(O)c1ccc(C)c(C)c1. The average Bonchev–Trinajstić information content (AvgIpc) is 2.37. The molecule has 2 nitrogen and oxygen atoms in total. The molecule has 1 aromatic rings. The Bertz CT molecular complexity index is 387. The maximum Gasteiger partial charge on any atom is 0.0945 e. The van der Waals surface area contributed by atoms with Gasteiger partial charge in [-0.15, -0.1) is 0 Å². The Morgan fingerprint density at radius 1 is 1.16 bits per heavy atom. The molecule has 1 aromatic carbocycles. The van der Waals surface area contributed by atoms with Crippen LogP contribution in [0.4, 0.5) is 0 Å². The Labute approximate surface area is 118 Å². The van der Waals surface area contributed by atoms with Crippen LogP contribution in [-0.2, 0) is 0 Å². The summed E-state index contributed by atoms with van der Waals surface area (Å²) in [5.74, 6) is 0.411. The van der Waals surface area contributed by atoms with Gasteiger partial charge in [0.15, 0.2) is 0 Å². The van der Waals surface area contributed by atoms with Gasteiger partial charge in [-0.1, -0.05) is 45.4 Å². The number of benzene rings is 1. The van der Waals surface area contributed by atoms with Crippen molar-refractivity contribution in [2.45, 2.75) is 59.6 Å². The van der Waals surface area contributed by atoms with Crippen LogP contribution < -0.4 is 5.32 Å². The lowest BCUT2D eigenvalue weighted by atomic mass is 9.91. The van der Waals surface area contributed by atoms with E-state index in [1.807, 2.05) is 6.07 Å². The fourth-order valence-corrected chi connectivity index (χ4v) is 2.31. The van der Waals surface area contributed by atoms with Crippen LogP contribution in [0.15, 0.2) is 18.2 Å². The average molecular weight is 263 g/mol. The third kappa shape index (κ3) is 4.63. The van der Waals surface area contributed by atoms with E-state index in [4.69, 9.17) is 0 Å². The lowest BCUT2D eigenvalue weighted by Gasteiger charge is -2.28. The molecular formula is C17H29NO. The molecule has 1 rings (SSSR count). The quantitative estimate of drug-likeness (QED) is 0.734. The van der Waals surface area contributed by atoms with Gasteiger partial charge in [0.25, 0.3) is 0 Å². The Morgan fingerprint density at radius 2 is 1.84 bits per heavy atom. The van der Waals surface area contributed by atoms with E-state index in [1.165, 1.54) is 17.5 Å². The summed E-state index contributed by atoms with van der Waals surface area (Å²) in [6.07, 6.45) is 1.90. The van der Waals surface area contributed by atoms with Crippen molar-refractivity contribution >= 4 is 0 Å². The zero-order valence-corrected chi connectivity index (χ0v) is 13.0. The van der Waals surface area contributed by atoms with Crippen molar-refractivity contribution in [2.24, 2.45) is 5.92 Å². The second-order valence-corrected chi connectivity index (χ2v) is 5.87. The summed E-state index contributed by atoms with van der Waals surface area (Å²) in [6.45, 7) is 11.7. The number of hydrogen-bond donors (Lipinski definition) is 2. The number of hydrogen-bond acceptors (Lipinski definition) is 2. The third-order valence-corrected chi connectivity index (χ3v) is 3.84. The van der Waals surface area contributed by atoms with E-state index in [0.717, 1.165) is 18.5 Å². The molecule has 0 heterocycles. The van der Waals surface area contributed by atoms with Gasteiger partial charge in [-0.05, 0) is 49.4 Å². The van der Waals surface area contributed by atoms with Crippen LogP contribution in [0.1, 0.15) is 56.4 Å². The summed E-state index contributed by atoms with van der Waals surface area (Å²) in [5.41, 5.74) is 3.54. The summed E-state index contributed by atoms with van der Waals surface area (Å²) in [6, 6.07) is 6.37. The van der Waals surface area contributed by atoms with Gasteiger partial charge in [-0.25, -0.2) is 0 Å². The monoisotopic (exact) mass is 263 g/mol. The van der Waals surface area contributed by atoms with Gasteiger partial charge in [0.2, 0.25) is 0 Å². The van der Waals surface area contributed by atoms with Crippen molar-refractivity contribution < 1.29 is 5.11 Å². The molecule has 0 aliphatic rings. The number of unbranched alkanes of at least 4 members (excludes halogenated alkanes) is 1. The van der Waals surface area contributed by atoms with Crippen molar-refractivity contribution in [3.05, 3.63) is 34.9 Å². The zero-order valence-electron chi connectivity index (χ0n) is 13.0. The van der Waals surface area contributed by atoms with Crippen LogP contribution in [0.2, 0.25) is 0 Å². The van der Waals surface area contributed by atoms with Gasteiger partial charge in [0.1, 0.15) is 0 Å². The van der Waals surface area contributed by atoms with Gasteiger partial charge < -0.3 is 10.4 Å². The highest BCUT2D eigenvalue weighted by atomic mass is 16.3. The second kappa shape index (κ2) is 7.66. The van der Waals surface area contributed by atoms with Gasteiger partial charge >= 0.3 is 0 Å². The van der Waals surface area contributed by atoms with E-state index in [2.05, 4.69) is 52.1 Å². The van der Waals surface area contributed by atoms with Crippen molar-refractivity contribution in [3.8, 4) is 0 Å². The third-order valence-electron chi connectivity index (χ3n) is 3.84. The Morgan fingerprint density at radius 3 is 2.37 bits per heavy atom.